The average Bonchev–Trinajstić information content (AvgIpc) is 2.38. The third-order valence-corrected chi connectivity index (χ3v) is 3.43. The lowest BCUT2D eigenvalue weighted by Crippen LogP contribution is -2.44. The minimum atomic E-state index is -0.717. The van der Waals surface area contributed by atoms with Crippen LogP contribution in [0.1, 0.15) is 44.0 Å². The second-order valence-corrected chi connectivity index (χ2v) is 4.65. The third-order valence-electron chi connectivity index (χ3n) is 3.43. The Labute approximate surface area is 111 Å². The van der Waals surface area contributed by atoms with Gasteiger partial charge in [0.05, 0.1) is 10.5 Å². The van der Waals surface area contributed by atoms with E-state index in [4.69, 9.17) is 0 Å². The third kappa shape index (κ3) is 3.21. The minimum absolute atomic E-state index is 0.0812. The molecule has 1 aromatic rings. The summed E-state index contributed by atoms with van der Waals surface area (Å²) in [5.74, 6) is -1.10. The molecule has 0 atom stereocenters. The summed E-state index contributed by atoms with van der Waals surface area (Å²) in [7, 11) is 0. The van der Waals surface area contributed by atoms with Gasteiger partial charge in [0.2, 0.25) is 5.75 Å². The van der Waals surface area contributed by atoms with Crippen molar-refractivity contribution in [1.29, 1.82) is 0 Å². The van der Waals surface area contributed by atoms with Crippen LogP contribution in [-0.2, 0) is 0 Å². The Morgan fingerprint density at radius 3 is 2.47 bits per heavy atom. The summed E-state index contributed by atoms with van der Waals surface area (Å²) >= 11 is 0. The summed E-state index contributed by atoms with van der Waals surface area (Å²) in [6.45, 7) is 5.77. The first-order valence-electron chi connectivity index (χ1n) is 6.13. The van der Waals surface area contributed by atoms with E-state index in [0.717, 1.165) is 18.9 Å². The fourth-order valence-electron chi connectivity index (χ4n) is 1.63. The number of rotatable bonds is 5. The van der Waals surface area contributed by atoms with Crippen LogP contribution in [0.4, 0.5) is 5.69 Å². The maximum atomic E-state index is 12.1. The normalized spacial score (nSPS) is 11.1. The van der Waals surface area contributed by atoms with E-state index in [1.165, 1.54) is 12.1 Å². The van der Waals surface area contributed by atoms with Crippen molar-refractivity contribution in [2.24, 2.45) is 0 Å². The van der Waals surface area contributed by atoms with Gasteiger partial charge in [0.15, 0.2) is 0 Å². The van der Waals surface area contributed by atoms with Crippen LogP contribution in [0.15, 0.2) is 18.2 Å². The highest BCUT2D eigenvalue weighted by Crippen LogP contribution is 2.29. The van der Waals surface area contributed by atoms with Crippen LogP contribution in [0.25, 0.3) is 0 Å². The maximum Gasteiger partial charge on any atom is 0.311 e. The van der Waals surface area contributed by atoms with Crippen molar-refractivity contribution in [3.8, 4) is 5.75 Å². The molecule has 0 radical (unpaired) electrons. The number of benzene rings is 1. The van der Waals surface area contributed by atoms with Crippen LogP contribution >= 0.6 is 0 Å². The number of carbonyl (C=O) groups is 1. The minimum Gasteiger partial charge on any atom is -0.502 e. The van der Waals surface area contributed by atoms with E-state index in [0.29, 0.717) is 0 Å². The summed E-state index contributed by atoms with van der Waals surface area (Å²) in [5.41, 5.74) is -0.946. The van der Waals surface area contributed by atoms with Crippen molar-refractivity contribution in [3.05, 3.63) is 33.9 Å². The standard InChI is InChI=1S/C13H18N2O4/c1-4-13(3,5-2)14-12(17)9-7-6-8-10(11(9)16)15(18)19/h6-8,16H,4-5H2,1-3H3,(H,14,17). The van der Waals surface area contributed by atoms with Crippen LogP contribution < -0.4 is 5.32 Å². The van der Waals surface area contributed by atoms with Gasteiger partial charge in [-0.05, 0) is 25.8 Å². The molecule has 6 nitrogen and oxygen atoms in total. The molecule has 1 amide bonds. The van der Waals surface area contributed by atoms with Crippen molar-refractivity contribution in [2.75, 3.05) is 0 Å². The van der Waals surface area contributed by atoms with Gasteiger partial charge >= 0.3 is 5.69 Å². The van der Waals surface area contributed by atoms with Gasteiger partial charge in [-0.15, -0.1) is 0 Å². The summed E-state index contributed by atoms with van der Waals surface area (Å²) in [5, 5.41) is 23.3. The molecule has 0 bridgehead atoms. The van der Waals surface area contributed by atoms with E-state index in [-0.39, 0.29) is 5.56 Å². The molecule has 0 aromatic heterocycles. The fraction of sp³-hybridized carbons (Fsp3) is 0.462. The van der Waals surface area contributed by atoms with Crippen molar-refractivity contribution in [2.45, 2.75) is 39.2 Å². The molecule has 0 fully saturated rings. The van der Waals surface area contributed by atoms with Gasteiger partial charge in [-0.25, -0.2) is 0 Å². The molecule has 0 aliphatic heterocycles. The number of nitrogens with zero attached hydrogens (tertiary/aromatic N) is 1. The quantitative estimate of drug-likeness (QED) is 0.632. The highest BCUT2D eigenvalue weighted by atomic mass is 16.6. The molecule has 0 saturated heterocycles. The lowest BCUT2D eigenvalue weighted by molar-refractivity contribution is -0.385. The molecule has 19 heavy (non-hydrogen) atoms. The lowest BCUT2D eigenvalue weighted by Gasteiger charge is -2.28. The molecule has 0 heterocycles. The fourth-order valence-corrected chi connectivity index (χ4v) is 1.63. The van der Waals surface area contributed by atoms with Crippen LogP contribution in [-0.4, -0.2) is 21.5 Å². The Morgan fingerprint density at radius 2 is 2.00 bits per heavy atom. The number of amides is 1. The predicted octanol–water partition coefficient (Wildman–Crippen LogP) is 2.61. The Morgan fingerprint density at radius 1 is 1.42 bits per heavy atom. The summed E-state index contributed by atoms with van der Waals surface area (Å²) in [6, 6.07) is 3.90. The number of nitrogens with one attached hydrogen (secondary N) is 1. The van der Waals surface area contributed by atoms with E-state index in [1.807, 2.05) is 20.8 Å². The Bertz CT molecular complexity index is 495. The van der Waals surface area contributed by atoms with Crippen molar-refractivity contribution in [3.63, 3.8) is 0 Å². The van der Waals surface area contributed by atoms with E-state index < -0.39 is 27.8 Å². The maximum absolute atomic E-state index is 12.1. The van der Waals surface area contributed by atoms with Gasteiger partial charge in [0, 0.05) is 11.6 Å². The average molecular weight is 266 g/mol. The van der Waals surface area contributed by atoms with Gasteiger partial charge in [-0.1, -0.05) is 19.9 Å². The number of phenolic OH excluding ortho intramolecular Hbond substituents is 1. The van der Waals surface area contributed by atoms with Crippen LogP contribution in [0.5, 0.6) is 5.75 Å². The number of hydrogen-bond donors (Lipinski definition) is 2. The van der Waals surface area contributed by atoms with Crippen molar-refractivity contribution >= 4 is 11.6 Å². The summed E-state index contributed by atoms with van der Waals surface area (Å²) < 4.78 is 0. The molecular weight excluding hydrogens is 248 g/mol. The monoisotopic (exact) mass is 266 g/mol. The number of aromatic hydroxyl groups is 1. The molecule has 2 N–H and O–H groups in total. The number of para-hydroxylation sites is 1. The van der Waals surface area contributed by atoms with E-state index in [1.54, 1.807) is 0 Å². The summed E-state index contributed by atoms with van der Waals surface area (Å²) in [4.78, 5) is 22.1. The molecule has 0 aliphatic rings. The van der Waals surface area contributed by atoms with Gasteiger partial charge in [-0.3, -0.25) is 14.9 Å². The van der Waals surface area contributed by atoms with Crippen LogP contribution in [0, 0.1) is 10.1 Å². The van der Waals surface area contributed by atoms with Gasteiger partial charge in [-0.2, -0.15) is 0 Å². The zero-order valence-electron chi connectivity index (χ0n) is 11.3. The highest BCUT2D eigenvalue weighted by molar-refractivity contribution is 5.98. The molecular formula is C13H18N2O4. The Kier molecular flexibility index (Phi) is 4.47. The van der Waals surface area contributed by atoms with E-state index >= 15 is 0 Å². The number of nitro benzene ring substituents is 1. The van der Waals surface area contributed by atoms with Gasteiger partial charge in [0.25, 0.3) is 5.91 Å². The molecule has 104 valence electrons. The first-order valence-corrected chi connectivity index (χ1v) is 6.13. The molecule has 1 aromatic carbocycles. The number of nitro groups is 1. The summed E-state index contributed by atoms with van der Waals surface area (Å²) in [6.07, 6.45) is 1.45. The van der Waals surface area contributed by atoms with E-state index in [2.05, 4.69) is 5.32 Å². The number of hydrogen-bond acceptors (Lipinski definition) is 4. The van der Waals surface area contributed by atoms with Crippen molar-refractivity contribution in [1.82, 2.24) is 5.32 Å². The molecule has 0 aliphatic carbocycles. The zero-order valence-corrected chi connectivity index (χ0v) is 11.3. The highest BCUT2D eigenvalue weighted by Gasteiger charge is 2.26. The molecule has 0 spiro atoms. The molecule has 0 unspecified atom stereocenters. The number of phenols is 1. The Hall–Kier alpha value is -2.11. The lowest BCUT2D eigenvalue weighted by atomic mass is 9.95. The van der Waals surface area contributed by atoms with Crippen molar-refractivity contribution < 1.29 is 14.8 Å². The SMILES string of the molecule is CCC(C)(CC)NC(=O)c1cccc([N+](=O)[O-])c1O. The van der Waals surface area contributed by atoms with Gasteiger partial charge < -0.3 is 10.4 Å². The first kappa shape index (κ1) is 14.9. The van der Waals surface area contributed by atoms with Crippen LogP contribution in [0.3, 0.4) is 0 Å². The predicted molar refractivity (Wildman–Crippen MR) is 71.2 cm³/mol. The molecule has 0 saturated carbocycles. The van der Waals surface area contributed by atoms with Crippen LogP contribution in [0.2, 0.25) is 0 Å². The van der Waals surface area contributed by atoms with E-state index in [9.17, 15) is 20.0 Å². The number of carbonyl (C=O) groups excluding carboxylic acids is 1. The van der Waals surface area contributed by atoms with Gasteiger partial charge in [0.1, 0.15) is 0 Å². The molecule has 6 heteroatoms. The topological polar surface area (TPSA) is 92.5 Å². The smallest absolute Gasteiger partial charge is 0.311 e. The largest absolute Gasteiger partial charge is 0.502 e. The Balaban J connectivity index is 3.08. The zero-order chi connectivity index (χ0) is 14.6. The second kappa shape index (κ2) is 5.69. The second-order valence-electron chi connectivity index (χ2n) is 4.65. The molecule has 1 rings (SSSR count). The first-order chi connectivity index (χ1) is 8.84.